The van der Waals surface area contributed by atoms with Gasteiger partial charge in [0.05, 0.1) is 32.1 Å². The fourth-order valence-corrected chi connectivity index (χ4v) is 2.94. The minimum Gasteiger partial charge on any atom is -0.488 e. The summed E-state index contributed by atoms with van der Waals surface area (Å²) in [5.74, 6) is 0.874. The van der Waals surface area contributed by atoms with E-state index in [0.717, 1.165) is 35.9 Å². The van der Waals surface area contributed by atoms with E-state index in [1.807, 2.05) is 42.8 Å². The van der Waals surface area contributed by atoms with Gasteiger partial charge >= 0.3 is 0 Å². The molecule has 2 aromatic rings. The summed E-state index contributed by atoms with van der Waals surface area (Å²) in [6.45, 7) is 6.83. The molecule has 1 aromatic carbocycles. The summed E-state index contributed by atoms with van der Waals surface area (Å²) in [5, 5.41) is 17.0. The van der Waals surface area contributed by atoms with Crippen LogP contribution in [0.3, 0.4) is 0 Å². The number of aliphatic hydroxyl groups excluding tert-OH is 1. The molecule has 0 bridgehead atoms. The molecule has 24 heavy (non-hydrogen) atoms. The van der Waals surface area contributed by atoms with Gasteiger partial charge in [0.15, 0.2) is 0 Å². The molecule has 0 radical (unpaired) electrons. The van der Waals surface area contributed by atoms with Crippen molar-refractivity contribution in [1.29, 1.82) is 0 Å². The number of ether oxygens (including phenoxy) is 2. The first-order valence-electron chi connectivity index (χ1n) is 8.39. The second-order valence-corrected chi connectivity index (χ2v) is 6.08. The van der Waals surface area contributed by atoms with Gasteiger partial charge in [-0.1, -0.05) is 0 Å². The van der Waals surface area contributed by atoms with E-state index in [2.05, 4.69) is 10.4 Å². The van der Waals surface area contributed by atoms with Crippen molar-refractivity contribution in [2.75, 3.05) is 25.1 Å². The lowest BCUT2D eigenvalue weighted by Crippen LogP contribution is -2.15. The number of aryl methyl sites for hydroxylation is 1. The van der Waals surface area contributed by atoms with Crippen LogP contribution in [0.2, 0.25) is 0 Å². The molecule has 6 nitrogen and oxygen atoms in total. The third-order valence-electron chi connectivity index (χ3n) is 4.36. The largest absolute Gasteiger partial charge is 0.488 e. The van der Waals surface area contributed by atoms with Crippen LogP contribution >= 0.6 is 0 Å². The third-order valence-corrected chi connectivity index (χ3v) is 4.36. The van der Waals surface area contributed by atoms with Crippen molar-refractivity contribution >= 4 is 5.69 Å². The summed E-state index contributed by atoms with van der Waals surface area (Å²) in [6, 6.07) is 8.01. The maximum atomic E-state index is 9.08. The Kier molecular flexibility index (Phi) is 5.37. The summed E-state index contributed by atoms with van der Waals surface area (Å²) in [7, 11) is 0. The molecule has 0 saturated carbocycles. The van der Waals surface area contributed by atoms with Crippen LogP contribution < -0.4 is 10.1 Å². The first-order chi connectivity index (χ1) is 11.7. The minimum atomic E-state index is 0.0995. The van der Waals surface area contributed by atoms with Crippen LogP contribution in [-0.2, 0) is 17.8 Å². The molecule has 3 rings (SSSR count). The van der Waals surface area contributed by atoms with E-state index in [-0.39, 0.29) is 12.7 Å². The van der Waals surface area contributed by atoms with Crippen LogP contribution in [0.4, 0.5) is 5.69 Å². The van der Waals surface area contributed by atoms with Gasteiger partial charge in [0.1, 0.15) is 11.9 Å². The highest BCUT2D eigenvalue weighted by Gasteiger charge is 2.17. The third kappa shape index (κ3) is 3.88. The van der Waals surface area contributed by atoms with E-state index in [1.54, 1.807) is 0 Å². The SMILES string of the molecule is Cc1nn(CCO)c(C)c1CNc1ccc(OC2CCOC2)cc1. The number of anilines is 1. The molecule has 2 N–H and O–H groups in total. The zero-order valence-electron chi connectivity index (χ0n) is 14.3. The summed E-state index contributed by atoms with van der Waals surface area (Å²) >= 11 is 0. The lowest BCUT2D eigenvalue weighted by Gasteiger charge is -2.13. The fraction of sp³-hybridized carbons (Fsp3) is 0.500. The lowest BCUT2D eigenvalue weighted by atomic mass is 10.2. The topological polar surface area (TPSA) is 68.5 Å². The highest BCUT2D eigenvalue weighted by molar-refractivity contribution is 5.47. The van der Waals surface area contributed by atoms with E-state index < -0.39 is 0 Å². The maximum absolute atomic E-state index is 9.08. The monoisotopic (exact) mass is 331 g/mol. The van der Waals surface area contributed by atoms with Crippen molar-refractivity contribution in [3.8, 4) is 5.75 Å². The molecular formula is C18H25N3O3. The Hall–Kier alpha value is -2.05. The maximum Gasteiger partial charge on any atom is 0.124 e. The zero-order chi connectivity index (χ0) is 16.9. The Labute approximate surface area is 142 Å². The Bertz CT molecular complexity index is 661. The molecule has 1 unspecified atom stereocenters. The summed E-state index contributed by atoms with van der Waals surface area (Å²) in [4.78, 5) is 0. The number of aromatic nitrogens is 2. The molecule has 0 spiro atoms. The predicted molar refractivity (Wildman–Crippen MR) is 92.4 cm³/mol. The van der Waals surface area contributed by atoms with Gasteiger partial charge in [-0.25, -0.2) is 0 Å². The number of nitrogens with one attached hydrogen (secondary N) is 1. The van der Waals surface area contributed by atoms with Crippen LogP contribution in [0, 0.1) is 13.8 Å². The first-order valence-corrected chi connectivity index (χ1v) is 8.39. The molecule has 2 heterocycles. The first kappa shape index (κ1) is 16.8. The molecule has 1 atom stereocenters. The normalized spacial score (nSPS) is 17.2. The van der Waals surface area contributed by atoms with E-state index in [9.17, 15) is 0 Å². The van der Waals surface area contributed by atoms with E-state index in [0.29, 0.717) is 19.7 Å². The Morgan fingerprint density at radius 3 is 2.79 bits per heavy atom. The van der Waals surface area contributed by atoms with Crippen LogP contribution in [0.1, 0.15) is 23.4 Å². The number of aliphatic hydroxyl groups is 1. The molecule has 0 aliphatic carbocycles. The summed E-state index contributed by atoms with van der Waals surface area (Å²) < 4.78 is 13.0. The number of nitrogens with zero attached hydrogens (tertiary/aromatic N) is 2. The van der Waals surface area contributed by atoms with Crippen molar-refractivity contribution < 1.29 is 14.6 Å². The minimum absolute atomic E-state index is 0.0995. The van der Waals surface area contributed by atoms with Gasteiger partial charge < -0.3 is 19.9 Å². The predicted octanol–water partition coefficient (Wildman–Crippen LogP) is 2.27. The molecule has 130 valence electrons. The smallest absolute Gasteiger partial charge is 0.124 e. The molecule has 1 aliphatic heterocycles. The molecule has 0 amide bonds. The Balaban J connectivity index is 1.58. The molecule has 6 heteroatoms. The van der Waals surface area contributed by atoms with Crippen LogP contribution in [-0.4, -0.2) is 40.8 Å². The summed E-state index contributed by atoms with van der Waals surface area (Å²) in [5.41, 5.74) is 4.30. The van der Waals surface area contributed by atoms with Gasteiger partial charge in [0.25, 0.3) is 0 Å². The molecule has 1 aliphatic rings. The van der Waals surface area contributed by atoms with Crippen LogP contribution in [0.5, 0.6) is 5.75 Å². The number of rotatable bonds is 7. The molecule has 1 fully saturated rings. The average molecular weight is 331 g/mol. The second kappa shape index (κ2) is 7.68. The number of hydrogen-bond donors (Lipinski definition) is 2. The van der Waals surface area contributed by atoms with Crippen molar-refractivity contribution in [2.24, 2.45) is 0 Å². The van der Waals surface area contributed by atoms with E-state index >= 15 is 0 Å². The highest BCUT2D eigenvalue weighted by Crippen LogP contribution is 2.21. The Morgan fingerprint density at radius 2 is 2.12 bits per heavy atom. The van der Waals surface area contributed by atoms with Crippen molar-refractivity contribution in [3.63, 3.8) is 0 Å². The van der Waals surface area contributed by atoms with Crippen LogP contribution in [0.15, 0.2) is 24.3 Å². The highest BCUT2D eigenvalue weighted by atomic mass is 16.5. The van der Waals surface area contributed by atoms with Crippen molar-refractivity contribution in [3.05, 3.63) is 41.2 Å². The zero-order valence-corrected chi connectivity index (χ0v) is 14.3. The lowest BCUT2D eigenvalue weighted by molar-refractivity contribution is 0.141. The van der Waals surface area contributed by atoms with Gasteiger partial charge in [0.2, 0.25) is 0 Å². The van der Waals surface area contributed by atoms with Gasteiger partial charge in [-0.3, -0.25) is 4.68 Å². The average Bonchev–Trinajstić information content (AvgIpc) is 3.17. The number of benzene rings is 1. The fourth-order valence-electron chi connectivity index (χ4n) is 2.94. The Morgan fingerprint density at radius 1 is 1.33 bits per heavy atom. The van der Waals surface area contributed by atoms with Crippen molar-refractivity contribution in [2.45, 2.75) is 39.5 Å². The van der Waals surface area contributed by atoms with E-state index in [4.69, 9.17) is 14.6 Å². The van der Waals surface area contributed by atoms with Crippen LogP contribution in [0.25, 0.3) is 0 Å². The van der Waals surface area contributed by atoms with Gasteiger partial charge in [-0.15, -0.1) is 0 Å². The van der Waals surface area contributed by atoms with Crippen molar-refractivity contribution in [1.82, 2.24) is 9.78 Å². The van der Waals surface area contributed by atoms with Gasteiger partial charge in [0, 0.05) is 29.9 Å². The second-order valence-electron chi connectivity index (χ2n) is 6.08. The quantitative estimate of drug-likeness (QED) is 0.815. The van der Waals surface area contributed by atoms with Gasteiger partial charge in [-0.05, 0) is 38.1 Å². The summed E-state index contributed by atoms with van der Waals surface area (Å²) in [6.07, 6.45) is 1.13. The van der Waals surface area contributed by atoms with E-state index in [1.165, 1.54) is 5.56 Å². The molecule has 1 aromatic heterocycles. The molecule has 1 saturated heterocycles. The standard InChI is InChI=1S/C18H25N3O3/c1-13-18(14(2)21(20-13)8-9-22)11-19-15-3-5-16(6-4-15)24-17-7-10-23-12-17/h3-6,17,19,22H,7-12H2,1-2H3. The van der Waals surface area contributed by atoms with Gasteiger partial charge in [-0.2, -0.15) is 5.10 Å². The number of hydrogen-bond acceptors (Lipinski definition) is 5. The molecular weight excluding hydrogens is 306 g/mol.